The van der Waals surface area contributed by atoms with Crippen LogP contribution in [0.2, 0.25) is 0 Å². The number of hydrogen-bond donors (Lipinski definition) is 2. The van der Waals surface area contributed by atoms with Gasteiger partial charge in [-0.3, -0.25) is 14.3 Å². The Morgan fingerprint density at radius 1 is 1.67 bits per heavy atom. The van der Waals surface area contributed by atoms with Gasteiger partial charge < -0.3 is 5.11 Å². The summed E-state index contributed by atoms with van der Waals surface area (Å²) in [5.41, 5.74) is 7.49. The van der Waals surface area contributed by atoms with Crippen LogP contribution >= 0.6 is 11.8 Å². The second-order valence-corrected chi connectivity index (χ2v) is 5.28. The molecule has 1 fully saturated rings. The van der Waals surface area contributed by atoms with Gasteiger partial charge in [0.1, 0.15) is 0 Å². The molecule has 1 aliphatic heterocycles. The third-order valence-electron chi connectivity index (χ3n) is 2.69. The van der Waals surface area contributed by atoms with Crippen LogP contribution < -0.4 is 11.2 Å². The van der Waals surface area contributed by atoms with Crippen molar-refractivity contribution >= 4 is 11.8 Å². The van der Waals surface area contributed by atoms with E-state index in [1.165, 1.54) is 28.6 Å². The molecule has 0 bridgehead atoms. The molecule has 8 nitrogen and oxygen atoms in total. The number of rotatable bonds is 3. The van der Waals surface area contributed by atoms with Crippen molar-refractivity contribution in [3.05, 3.63) is 43.5 Å². The molecule has 3 atom stereocenters. The highest BCUT2D eigenvalue weighted by Crippen LogP contribution is 2.42. The van der Waals surface area contributed by atoms with Crippen molar-refractivity contribution in [1.29, 1.82) is 0 Å². The fraction of sp³-hybridized carbons (Fsp3) is 0.556. The molecule has 0 aliphatic carbocycles. The van der Waals surface area contributed by atoms with Gasteiger partial charge in [0, 0.05) is 22.4 Å². The number of aromatic nitrogens is 2. The fourth-order valence-corrected chi connectivity index (χ4v) is 3.33. The first-order valence-electron chi connectivity index (χ1n) is 5.27. The zero-order valence-electron chi connectivity index (χ0n) is 9.26. The van der Waals surface area contributed by atoms with Gasteiger partial charge >= 0.3 is 5.69 Å². The summed E-state index contributed by atoms with van der Waals surface area (Å²) in [5, 5.41) is 12.3. The predicted octanol–water partition coefficient (Wildman–Crippen LogP) is 0.212. The average molecular weight is 269 g/mol. The van der Waals surface area contributed by atoms with Crippen molar-refractivity contribution < 1.29 is 5.11 Å². The lowest BCUT2D eigenvalue weighted by atomic mass is 10.2. The average Bonchev–Trinajstić information content (AvgIpc) is 2.73. The Morgan fingerprint density at radius 2 is 2.44 bits per heavy atom. The highest BCUT2D eigenvalue weighted by atomic mass is 32.2. The molecular formula is C9H11N5O3S. The van der Waals surface area contributed by atoms with Crippen LogP contribution in [0.15, 0.2) is 27.0 Å². The van der Waals surface area contributed by atoms with E-state index in [0.717, 1.165) is 0 Å². The Hall–Kier alpha value is -1.70. The summed E-state index contributed by atoms with van der Waals surface area (Å²) >= 11 is 1.36. The SMILES string of the molecule is [N-]=[N+]=N[C@H]1C[C@H](CO)S[C@@H]1n1ccc(=O)[nH]c1=O. The van der Waals surface area contributed by atoms with E-state index >= 15 is 0 Å². The van der Waals surface area contributed by atoms with Gasteiger partial charge in [-0.15, -0.1) is 11.8 Å². The van der Waals surface area contributed by atoms with Crippen LogP contribution in [-0.2, 0) is 0 Å². The lowest BCUT2D eigenvalue weighted by Crippen LogP contribution is -2.32. The second kappa shape index (κ2) is 5.30. The number of hydrogen-bond acceptors (Lipinski definition) is 5. The zero-order valence-corrected chi connectivity index (χ0v) is 10.1. The topological polar surface area (TPSA) is 124 Å². The molecule has 0 aromatic carbocycles. The number of aromatic amines is 1. The van der Waals surface area contributed by atoms with E-state index in [0.29, 0.717) is 6.42 Å². The lowest BCUT2D eigenvalue weighted by molar-refractivity contribution is 0.289. The van der Waals surface area contributed by atoms with Gasteiger partial charge in [-0.2, -0.15) is 0 Å². The van der Waals surface area contributed by atoms with Crippen LogP contribution in [0.4, 0.5) is 0 Å². The largest absolute Gasteiger partial charge is 0.395 e. The van der Waals surface area contributed by atoms with E-state index in [1.807, 2.05) is 0 Å². The van der Waals surface area contributed by atoms with Gasteiger partial charge in [0.25, 0.3) is 5.56 Å². The number of thioether (sulfide) groups is 1. The molecule has 1 saturated heterocycles. The van der Waals surface area contributed by atoms with E-state index in [-0.39, 0.29) is 11.9 Å². The molecule has 1 aromatic heterocycles. The van der Waals surface area contributed by atoms with Gasteiger partial charge in [0.2, 0.25) is 0 Å². The molecule has 1 aromatic rings. The van der Waals surface area contributed by atoms with Crippen LogP contribution in [-0.4, -0.2) is 32.6 Å². The van der Waals surface area contributed by atoms with Crippen molar-refractivity contribution in [2.45, 2.75) is 23.1 Å². The summed E-state index contributed by atoms with van der Waals surface area (Å²) < 4.78 is 1.32. The first-order valence-corrected chi connectivity index (χ1v) is 6.22. The minimum absolute atomic E-state index is 0.0449. The normalized spacial score (nSPS) is 26.8. The highest BCUT2D eigenvalue weighted by molar-refractivity contribution is 8.00. The lowest BCUT2D eigenvalue weighted by Gasteiger charge is -2.16. The van der Waals surface area contributed by atoms with Crippen molar-refractivity contribution in [3.63, 3.8) is 0 Å². The molecular weight excluding hydrogens is 258 g/mol. The first kappa shape index (κ1) is 12.7. The Labute approximate surface area is 105 Å². The number of azide groups is 1. The highest BCUT2D eigenvalue weighted by Gasteiger charge is 2.35. The van der Waals surface area contributed by atoms with Crippen LogP contribution in [0.25, 0.3) is 10.4 Å². The standard InChI is InChI=1S/C9H11N5O3S/c10-13-12-6-3-5(4-15)18-8(6)14-2-1-7(16)11-9(14)17/h1-2,5-6,8,15H,3-4H2,(H,11,16,17)/t5-,6+,8+/m1/s1. The fourth-order valence-electron chi connectivity index (χ4n) is 1.90. The minimum Gasteiger partial charge on any atom is -0.395 e. The maximum absolute atomic E-state index is 11.7. The van der Waals surface area contributed by atoms with E-state index in [2.05, 4.69) is 15.0 Å². The van der Waals surface area contributed by atoms with Gasteiger partial charge in [-0.05, 0) is 12.0 Å². The molecule has 2 heterocycles. The molecule has 18 heavy (non-hydrogen) atoms. The molecule has 0 amide bonds. The third-order valence-corrected chi connectivity index (χ3v) is 4.24. The van der Waals surface area contributed by atoms with E-state index < -0.39 is 22.7 Å². The summed E-state index contributed by atoms with van der Waals surface area (Å²) in [6, 6.07) is 0.822. The summed E-state index contributed by atoms with van der Waals surface area (Å²) in [6.45, 7) is -0.0449. The minimum atomic E-state index is -0.545. The van der Waals surface area contributed by atoms with E-state index in [9.17, 15) is 9.59 Å². The Bertz CT molecular complexity index is 590. The van der Waals surface area contributed by atoms with Gasteiger partial charge in [0.15, 0.2) is 0 Å². The summed E-state index contributed by atoms with van der Waals surface area (Å²) in [6.07, 6.45) is 1.87. The van der Waals surface area contributed by atoms with Crippen LogP contribution in [0.3, 0.4) is 0 Å². The number of aliphatic hydroxyl groups is 1. The number of aliphatic hydroxyl groups excluding tert-OH is 1. The second-order valence-electron chi connectivity index (χ2n) is 3.86. The number of nitrogens with zero attached hydrogens (tertiary/aromatic N) is 4. The molecule has 9 heteroatoms. The van der Waals surface area contributed by atoms with Crippen molar-refractivity contribution in [1.82, 2.24) is 9.55 Å². The smallest absolute Gasteiger partial charge is 0.329 e. The first-order chi connectivity index (χ1) is 8.65. The maximum Gasteiger partial charge on any atom is 0.329 e. The summed E-state index contributed by atoms with van der Waals surface area (Å²) in [5.74, 6) is 0. The zero-order chi connectivity index (χ0) is 13.1. The van der Waals surface area contributed by atoms with Crippen LogP contribution in [0, 0.1) is 0 Å². The number of H-pyrrole nitrogens is 1. The molecule has 2 N–H and O–H groups in total. The monoisotopic (exact) mass is 269 g/mol. The van der Waals surface area contributed by atoms with Crippen molar-refractivity contribution in [2.24, 2.45) is 5.11 Å². The summed E-state index contributed by atoms with van der Waals surface area (Å²) in [4.78, 5) is 27.6. The van der Waals surface area contributed by atoms with E-state index in [4.69, 9.17) is 10.6 Å². The molecule has 2 rings (SSSR count). The molecule has 0 spiro atoms. The number of nitrogens with one attached hydrogen (secondary N) is 1. The van der Waals surface area contributed by atoms with Crippen LogP contribution in [0.5, 0.6) is 0 Å². The quantitative estimate of drug-likeness (QED) is 0.462. The van der Waals surface area contributed by atoms with E-state index in [1.54, 1.807) is 0 Å². The molecule has 1 aliphatic rings. The van der Waals surface area contributed by atoms with Gasteiger partial charge in [-0.1, -0.05) is 5.11 Å². The Kier molecular flexibility index (Phi) is 3.75. The van der Waals surface area contributed by atoms with Gasteiger partial charge in [-0.25, -0.2) is 4.79 Å². The molecule has 0 unspecified atom stereocenters. The van der Waals surface area contributed by atoms with Crippen molar-refractivity contribution in [3.8, 4) is 0 Å². The van der Waals surface area contributed by atoms with Crippen molar-refractivity contribution in [2.75, 3.05) is 6.61 Å². The molecule has 0 radical (unpaired) electrons. The predicted molar refractivity (Wildman–Crippen MR) is 66.4 cm³/mol. The Balaban J connectivity index is 2.38. The molecule has 0 saturated carbocycles. The maximum atomic E-state index is 11.7. The Morgan fingerprint density at radius 3 is 3.06 bits per heavy atom. The third kappa shape index (κ3) is 2.42. The molecule has 96 valence electrons. The van der Waals surface area contributed by atoms with Crippen LogP contribution in [0.1, 0.15) is 11.8 Å². The van der Waals surface area contributed by atoms with Gasteiger partial charge in [0.05, 0.1) is 18.0 Å². The summed E-state index contributed by atoms with van der Waals surface area (Å²) in [7, 11) is 0.